The third-order valence-electron chi connectivity index (χ3n) is 3.55. The van der Waals surface area contributed by atoms with Gasteiger partial charge in [-0.1, -0.05) is 13.8 Å². The Morgan fingerprint density at radius 3 is 2.40 bits per heavy atom. The van der Waals surface area contributed by atoms with Gasteiger partial charge in [0, 0.05) is 11.6 Å². The maximum atomic E-state index is 13.0. The summed E-state index contributed by atoms with van der Waals surface area (Å²) in [6, 6.07) is 7.20. The van der Waals surface area contributed by atoms with Crippen LogP contribution in [0.2, 0.25) is 0 Å². The van der Waals surface area contributed by atoms with Gasteiger partial charge < -0.3 is 10.4 Å². The van der Waals surface area contributed by atoms with E-state index in [9.17, 15) is 18.8 Å². The van der Waals surface area contributed by atoms with Gasteiger partial charge in [-0.25, -0.2) is 13.9 Å². The van der Waals surface area contributed by atoms with Crippen molar-refractivity contribution in [1.82, 2.24) is 15.1 Å². The van der Waals surface area contributed by atoms with Crippen LogP contribution in [0.25, 0.3) is 11.3 Å². The highest BCUT2D eigenvalue weighted by atomic mass is 19.1. The van der Waals surface area contributed by atoms with Crippen LogP contribution in [-0.2, 0) is 16.1 Å². The Labute approximate surface area is 143 Å². The minimum Gasteiger partial charge on any atom is -0.480 e. The smallest absolute Gasteiger partial charge is 0.326 e. The van der Waals surface area contributed by atoms with Crippen molar-refractivity contribution in [2.75, 3.05) is 0 Å². The average Bonchev–Trinajstić information content (AvgIpc) is 2.55. The Balaban J connectivity index is 2.20. The molecule has 0 saturated carbocycles. The largest absolute Gasteiger partial charge is 0.480 e. The van der Waals surface area contributed by atoms with Crippen molar-refractivity contribution in [3.8, 4) is 11.3 Å². The van der Waals surface area contributed by atoms with E-state index >= 15 is 0 Å². The van der Waals surface area contributed by atoms with Crippen molar-refractivity contribution in [3.63, 3.8) is 0 Å². The van der Waals surface area contributed by atoms with Crippen LogP contribution in [0.5, 0.6) is 0 Å². The number of nitrogens with zero attached hydrogens (tertiary/aromatic N) is 2. The lowest BCUT2D eigenvalue weighted by Crippen LogP contribution is -2.46. The maximum absolute atomic E-state index is 13.0. The van der Waals surface area contributed by atoms with Gasteiger partial charge in [0.25, 0.3) is 5.56 Å². The Kier molecular flexibility index (Phi) is 5.63. The molecule has 0 saturated heterocycles. The topological polar surface area (TPSA) is 101 Å². The second-order valence-electron chi connectivity index (χ2n) is 5.85. The molecule has 25 heavy (non-hydrogen) atoms. The van der Waals surface area contributed by atoms with Crippen molar-refractivity contribution in [3.05, 3.63) is 52.6 Å². The SMILES string of the molecule is CC(C)[C@H](NC(=O)Cn1nc(-c2ccc(F)cc2)ccc1=O)C(=O)O. The summed E-state index contributed by atoms with van der Waals surface area (Å²) in [5, 5.41) is 15.6. The molecule has 1 amide bonds. The first-order chi connectivity index (χ1) is 11.8. The molecule has 2 N–H and O–H groups in total. The number of carboxylic acids is 1. The van der Waals surface area contributed by atoms with Crippen LogP contribution < -0.4 is 10.9 Å². The fourth-order valence-electron chi connectivity index (χ4n) is 2.21. The number of halogens is 1. The van der Waals surface area contributed by atoms with Crippen molar-refractivity contribution in [2.24, 2.45) is 5.92 Å². The zero-order valence-corrected chi connectivity index (χ0v) is 13.8. The van der Waals surface area contributed by atoms with E-state index in [1.165, 1.54) is 36.4 Å². The molecule has 0 fully saturated rings. The number of carboxylic acid groups (broad SMARTS) is 1. The van der Waals surface area contributed by atoms with Crippen molar-refractivity contribution in [2.45, 2.75) is 26.4 Å². The molecular weight excluding hydrogens is 329 g/mol. The molecule has 0 aliphatic heterocycles. The van der Waals surface area contributed by atoms with E-state index in [1.54, 1.807) is 13.8 Å². The van der Waals surface area contributed by atoms with Gasteiger partial charge in [0.05, 0.1) is 5.69 Å². The molecule has 2 rings (SSSR count). The number of amides is 1. The number of rotatable bonds is 6. The molecule has 1 aromatic carbocycles. The number of aliphatic carboxylic acids is 1. The number of carbonyl (C=O) groups excluding carboxylic acids is 1. The summed E-state index contributed by atoms with van der Waals surface area (Å²) >= 11 is 0. The Bertz CT molecular complexity index is 831. The molecule has 1 aromatic heterocycles. The highest BCUT2D eigenvalue weighted by Crippen LogP contribution is 2.15. The summed E-state index contributed by atoms with van der Waals surface area (Å²) < 4.78 is 13.9. The zero-order chi connectivity index (χ0) is 18.6. The molecule has 0 aliphatic carbocycles. The summed E-state index contributed by atoms with van der Waals surface area (Å²) in [4.78, 5) is 35.1. The van der Waals surface area contributed by atoms with Gasteiger partial charge in [-0.05, 0) is 36.2 Å². The molecule has 0 aliphatic rings. The molecule has 132 valence electrons. The van der Waals surface area contributed by atoms with Gasteiger partial charge in [0.15, 0.2) is 0 Å². The highest BCUT2D eigenvalue weighted by Gasteiger charge is 2.23. The quantitative estimate of drug-likeness (QED) is 0.820. The Morgan fingerprint density at radius 1 is 1.20 bits per heavy atom. The molecule has 1 atom stereocenters. The second-order valence-corrected chi connectivity index (χ2v) is 5.85. The summed E-state index contributed by atoms with van der Waals surface area (Å²) in [7, 11) is 0. The molecule has 1 heterocycles. The minimum absolute atomic E-state index is 0.309. The fourth-order valence-corrected chi connectivity index (χ4v) is 2.21. The first kappa shape index (κ1) is 18.3. The van der Waals surface area contributed by atoms with Gasteiger partial charge in [0.2, 0.25) is 5.91 Å². The van der Waals surface area contributed by atoms with Crippen LogP contribution in [0.3, 0.4) is 0 Å². The molecule has 2 aromatic rings. The predicted molar refractivity (Wildman–Crippen MR) is 88.3 cm³/mol. The van der Waals surface area contributed by atoms with Crippen molar-refractivity contribution < 1.29 is 19.1 Å². The lowest BCUT2D eigenvalue weighted by molar-refractivity contribution is -0.143. The van der Waals surface area contributed by atoms with Gasteiger partial charge in [-0.15, -0.1) is 0 Å². The normalized spacial score (nSPS) is 12.0. The number of hydrogen-bond acceptors (Lipinski definition) is 4. The molecule has 0 bridgehead atoms. The molecule has 8 heteroatoms. The molecule has 7 nitrogen and oxygen atoms in total. The number of nitrogens with one attached hydrogen (secondary N) is 1. The number of aromatic nitrogens is 2. The molecular formula is C17H18FN3O4. The summed E-state index contributed by atoms with van der Waals surface area (Å²) in [6.07, 6.45) is 0. The van der Waals surface area contributed by atoms with Gasteiger partial charge in [-0.2, -0.15) is 5.10 Å². The summed E-state index contributed by atoms with van der Waals surface area (Å²) in [5.74, 6) is -2.49. The Hall–Kier alpha value is -3.03. The van der Waals surface area contributed by atoms with E-state index < -0.39 is 35.8 Å². The van der Waals surface area contributed by atoms with E-state index in [0.717, 1.165) is 4.68 Å². The standard InChI is InChI=1S/C17H18FN3O4/c1-10(2)16(17(24)25)19-14(22)9-21-15(23)8-7-13(20-21)11-3-5-12(18)6-4-11/h3-8,10,16H,9H2,1-2H3,(H,19,22)(H,24,25)/t16-/m0/s1. The van der Waals surface area contributed by atoms with Crippen molar-refractivity contribution in [1.29, 1.82) is 0 Å². The Morgan fingerprint density at radius 2 is 1.84 bits per heavy atom. The van der Waals surface area contributed by atoms with Crippen LogP contribution >= 0.6 is 0 Å². The second kappa shape index (κ2) is 7.69. The number of benzene rings is 1. The lowest BCUT2D eigenvalue weighted by Gasteiger charge is -2.18. The van der Waals surface area contributed by atoms with Crippen LogP contribution in [-0.4, -0.2) is 32.8 Å². The van der Waals surface area contributed by atoms with E-state index in [2.05, 4.69) is 10.4 Å². The highest BCUT2D eigenvalue weighted by molar-refractivity contribution is 5.83. The van der Waals surface area contributed by atoms with E-state index in [0.29, 0.717) is 11.3 Å². The number of carbonyl (C=O) groups is 2. The van der Waals surface area contributed by atoms with E-state index in [4.69, 9.17) is 5.11 Å². The van der Waals surface area contributed by atoms with Crippen molar-refractivity contribution >= 4 is 11.9 Å². The van der Waals surface area contributed by atoms with Crippen LogP contribution in [0.15, 0.2) is 41.2 Å². The van der Waals surface area contributed by atoms with E-state index in [1.807, 2.05) is 0 Å². The molecule has 0 radical (unpaired) electrons. The van der Waals surface area contributed by atoms with Gasteiger partial charge in [-0.3, -0.25) is 9.59 Å². The third-order valence-corrected chi connectivity index (χ3v) is 3.55. The van der Waals surface area contributed by atoms with Gasteiger partial charge >= 0.3 is 5.97 Å². The fraction of sp³-hybridized carbons (Fsp3) is 0.294. The molecule has 0 unspecified atom stereocenters. The maximum Gasteiger partial charge on any atom is 0.326 e. The number of hydrogen-bond donors (Lipinski definition) is 2. The lowest BCUT2D eigenvalue weighted by atomic mass is 10.1. The minimum atomic E-state index is -1.15. The molecule has 0 spiro atoms. The van der Waals surface area contributed by atoms with Crippen LogP contribution in [0, 0.1) is 11.7 Å². The van der Waals surface area contributed by atoms with Crippen LogP contribution in [0.1, 0.15) is 13.8 Å². The van der Waals surface area contributed by atoms with Gasteiger partial charge in [0.1, 0.15) is 18.4 Å². The summed E-state index contributed by atoms with van der Waals surface area (Å²) in [6.45, 7) is 2.92. The summed E-state index contributed by atoms with van der Waals surface area (Å²) in [5.41, 5.74) is 0.477. The average molecular weight is 347 g/mol. The first-order valence-electron chi connectivity index (χ1n) is 7.64. The van der Waals surface area contributed by atoms with Crippen LogP contribution in [0.4, 0.5) is 4.39 Å². The zero-order valence-electron chi connectivity index (χ0n) is 13.8. The first-order valence-corrected chi connectivity index (χ1v) is 7.64. The monoisotopic (exact) mass is 347 g/mol. The predicted octanol–water partition coefficient (Wildman–Crippen LogP) is 1.27. The van der Waals surface area contributed by atoms with E-state index in [-0.39, 0.29) is 5.92 Å². The third kappa shape index (κ3) is 4.72.